The second kappa shape index (κ2) is 3.29. The van der Waals surface area contributed by atoms with Crippen LogP contribution < -0.4 is 0 Å². The number of alkyl halides is 2. The fourth-order valence-electron chi connectivity index (χ4n) is 1.54. The molecule has 0 aromatic heterocycles. The van der Waals surface area contributed by atoms with Gasteiger partial charge in [0.05, 0.1) is 6.10 Å². The number of halogens is 2. The Bertz CT molecular complexity index is 145. The van der Waals surface area contributed by atoms with Crippen LogP contribution in [0.2, 0.25) is 0 Å². The van der Waals surface area contributed by atoms with Gasteiger partial charge in [-0.2, -0.15) is 8.78 Å². The molecular formula is C9H16F2O. The van der Waals surface area contributed by atoms with Gasteiger partial charge in [0.1, 0.15) is 0 Å². The van der Waals surface area contributed by atoms with Crippen LogP contribution in [0.1, 0.15) is 33.6 Å². The maximum Gasteiger partial charge on any atom is 0.353 e. The molecule has 0 spiro atoms. The predicted molar refractivity (Wildman–Crippen MR) is 43.1 cm³/mol. The van der Waals surface area contributed by atoms with Crippen molar-refractivity contribution < 1.29 is 13.5 Å². The molecule has 0 unspecified atom stereocenters. The lowest BCUT2D eigenvalue weighted by Crippen LogP contribution is -2.38. The molecular weight excluding hydrogens is 162 g/mol. The lowest BCUT2D eigenvalue weighted by molar-refractivity contribution is -0.270. The lowest BCUT2D eigenvalue weighted by atomic mass is 9.75. The highest BCUT2D eigenvalue weighted by Crippen LogP contribution is 2.38. The minimum atomic E-state index is -2.95. The van der Waals surface area contributed by atoms with Gasteiger partial charge in [0.2, 0.25) is 0 Å². The molecule has 0 amide bonds. The van der Waals surface area contributed by atoms with E-state index in [0.29, 0.717) is 11.8 Å². The average Bonchev–Trinajstić information content (AvgIpc) is 1.74. The highest BCUT2D eigenvalue weighted by atomic mass is 19.3. The van der Waals surface area contributed by atoms with E-state index in [1.807, 2.05) is 0 Å². The molecule has 0 N–H and O–H groups in total. The molecule has 1 saturated carbocycles. The first kappa shape index (κ1) is 9.90. The molecule has 0 aromatic rings. The molecule has 0 bridgehead atoms. The second-order valence-corrected chi connectivity index (χ2v) is 4.02. The molecule has 0 saturated heterocycles. The Hall–Kier alpha value is -0.180. The summed E-state index contributed by atoms with van der Waals surface area (Å²) in [6.07, 6.45) is -1.58. The summed E-state index contributed by atoms with van der Waals surface area (Å²) in [6.45, 7) is 5.03. The van der Waals surface area contributed by atoms with Crippen LogP contribution in [0.5, 0.6) is 0 Å². The average molecular weight is 178 g/mol. The quantitative estimate of drug-likeness (QED) is 0.645. The molecule has 72 valence electrons. The van der Waals surface area contributed by atoms with E-state index in [0.717, 1.165) is 19.8 Å². The Morgan fingerprint density at radius 1 is 1.33 bits per heavy atom. The van der Waals surface area contributed by atoms with E-state index in [1.165, 1.54) is 0 Å². The lowest BCUT2D eigenvalue weighted by Gasteiger charge is -2.38. The zero-order valence-electron chi connectivity index (χ0n) is 7.81. The summed E-state index contributed by atoms with van der Waals surface area (Å²) >= 11 is 0. The van der Waals surface area contributed by atoms with Gasteiger partial charge in [0.15, 0.2) is 0 Å². The predicted octanol–water partition coefficient (Wildman–Crippen LogP) is 3.05. The summed E-state index contributed by atoms with van der Waals surface area (Å²) in [5, 5.41) is 0. The smallest absolute Gasteiger partial charge is 0.317 e. The number of ether oxygens (including phenoxy) is 1. The van der Waals surface area contributed by atoms with Crippen LogP contribution in [0, 0.1) is 11.8 Å². The minimum Gasteiger partial charge on any atom is -0.317 e. The summed E-state index contributed by atoms with van der Waals surface area (Å²) in [5.41, 5.74) is 0. The van der Waals surface area contributed by atoms with Crippen LogP contribution in [0.3, 0.4) is 0 Å². The number of rotatable bonds is 3. The second-order valence-electron chi connectivity index (χ2n) is 4.02. The third-order valence-corrected chi connectivity index (χ3v) is 2.45. The van der Waals surface area contributed by atoms with Crippen LogP contribution in [-0.4, -0.2) is 12.2 Å². The highest BCUT2D eigenvalue weighted by Gasteiger charge is 2.37. The van der Waals surface area contributed by atoms with E-state index in [2.05, 4.69) is 18.6 Å². The van der Waals surface area contributed by atoms with Crippen molar-refractivity contribution in [3.8, 4) is 0 Å². The first-order valence-electron chi connectivity index (χ1n) is 4.44. The van der Waals surface area contributed by atoms with Crippen LogP contribution >= 0.6 is 0 Å². The van der Waals surface area contributed by atoms with Gasteiger partial charge in [-0.15, -0.1) is 0 Å². The molecule has 0 aromatic carbocycles. The summed E-state index contributed by atoms with van der Waals surface area (Å²) in [5.74, 6) is 1.17. The maximum atomic E-state index is 12.3. The highest BCUT2D eigenvalue weighted by molar-refractivity contribution is 4.82. The van der Waals surface area contributed by atoms with Gasteiger partial charge in [0, 0.05) is 6.92 Å². The van der Waals surface area contributed by atoms with Gasteiger partial charge in [0.25, 0.3) is 0 Å². The first-order valence-corrected chi connectivity index (χ1v) is 4.44. The summed E-state index contributed by atoms with van der Waals surface area (Å²) in [6, 6.07) is 0. The third-order valence-electron chi connectivity index (χ3n) is 2.45. The molecule has 0 radical (unpaired) electrons. The fourth-order valence-corrected chi connectivity index (χ4v) is 1.54. The van der Waals surface area contributed by atoms with E-state index >= 15 is 0 Å². The van der Waals surface area contributed by atoms with Crippen molar-refractivity contribution in [2.75, 3.05) is 0 Å². The molecule has 0 aliphatic heterocycles. The van der Waals surface area contributed by atoms with Crippen molar-refractivity contribution in [2.24, 2.45) is 11.8 Å². The van der Waals surface area contributed by atoms with E-state index < -0.39 is 6.11 Å². The molecule has 1 aliphatic rings. The molecule has 1 nitrogen and oxygen atoms in total. The van der Waals surface area contributed by atoms with Gasteiger partial charge in [-0.3, -0.25) is 0 Å². The Labute approximate surface area is 72.1 Å². The van der Waals surface area contributed by atoms with Crippen molar-refractivity contribution >= 4 is 0 Å². The zero-order chi connectivity index (χ0) is 9.35. The van der Waals surface area contributed by atoms with Crippen LogP contribution in [-0.2, 0) is 4.74 Å². The van der Waals surface area contributed by atoms with Crippen molar-refractivity contribution in [1.29, 1.82) is 0 Å². The van der Waals surface area contributed by atoms with Crippen LogP contribution in [0.25, 0.3) is 0 Å². The normalized spacial score (nSPS) is 30.5. The Balaban J connectivity index is 2.18. The number of hydrogen-bond acceptors (Lipinski definition) is 1. The molecule has 1 fully saturated rings. The number of hydrogen-bond donors (Lipinski definition) is 0. The monoisotopic (exact) mass is 178 g/mol. The molecule has 1 rings (SSSR count). The zero-order valence-corrected chi connectivity index (χ0v) is 7.81. The fraction of sp³-hybridized carbons (Fsp3) is 1.00. The largest absolute Gasteiger partial charge is 0.353 e. The molecule has 3 heteroatoms. The van der Waals surface area contributed by atoms with Crippen molar-refractivity contribution in [3.05, 3.63) is 0 Å². The summed E-state index contributed by atoms with van der Waals surface area (Å²) in [7, 11) is 0. The first-order chi connectivity index (χ1) is 5.38. The molecule has 0 atom stereocenters. The van der Waals surface area contributed by atoms with Crippen molar-refractivity contribution in [1.82, 2.24) is 0 Å². The summed E-state index contributed by atoms with van der Waals surface area (Å²) < 4.78 is 29.1. The van der Waals surface area contributed by atoms with Gasteiger partial charge in [-0.05, 0) is 24.7 Å². The maximum absolute atomic E-state index is 12.3. The van der Waals surface area contributed by atoms with Gasteiger partial charge < -0.3 is 4.74 Å². The van der Waals surface area contributed by atoms with Crippen molar-refractivity contribution in [3.63, 3.8) is 0 Å². The molecule has 0 heterocycles. The van der Waals surface area contributed by atoms with Gasteiger partial charge in [-0.1, -0.05) is 13.8 Å². The molecule has 1 aliphatic carbocycles. The van der Waals surface area contributed by atoms with Crippen molar-refractivity contribution in [2.45, 2.75) is 45.8 Å². The van der Waals surface area contributed by atoms with Crippen LogP contribution in [0.4, 0.5) is 8.78 Å². The SMILES string of the molecule is CC(C)C1CC(OC(C)(F)F)C1. The standard InChI is InChI=1S/C9H16F2O/c1-6(2)7-4-8(5-7)12-9(3,10)11/h6-8H,4-5H2,1-3H3. The Morgan fingerprint density at radius 2 is 1.83 bits per heavy atom. The van der Waals surface area contributed by atoms with Gasteiger partial charge >= 0.3 is 6.11 Å². The summed E-state index contributed by atoms with van der Waals surface area (Å²) in [4.78, 5) is 0. The van der Waals surface area contributed by atoms with Gasteiger partial charge in [-0.25, -0.2) is 0 Å². The minimum absolute atomic E-state index is 0.211. The van der Waals surface area contributed by atoms with E-state index in [-0.39, 0.29) is 6.10 Å². The third kappa shape index (κ3) is 2.70. The Morgan fingerprint density at radius 3 is 2.17 bits per heavy atom. The van der Waals surface area contributed by atoms with E-state index in [9.17, 15) is 8.78 Å². The van der Waals surface area contributed by atoms with E-state index in [1.54, 1.807) is 0 Å². The van der Waals surface area contributed by atoms with E-state index in [4.69, 9.17) is 0 Å². The molecule has 12 heavy (non-hydrogen) atoms. The van der Waals surface area contributed by atoms with Crippen LogP contribution in [0.15, 0.2) is 0 Å². The Kier molecular flexibility index (Phi) is 2.71. The topological polar surface area (TPSA) is 9.23 Å².